The molecule has 1 aromatic rings. The van der Waals surface area contributed by atoms with Gasteiger partial charge in [0, 0.05) is 0 Å². The zero-order chi connectivity index (χ0) is 13.3. The highest BCUT2D eigenvalue weighted by atomic mass is 16.3. The molecule has 0 saturated carbocycles. The second kappa shape index (κ2) is 4.48. The van der Waals surface area contributed by atoms with Crippen molar-refractivity contribution in [1.82, 2.24) is 10.3 Å². The van der Waals surface area contributed by atoms with Gasteiger partial charge in [-0.3, -0.25) is 10.1 Å². The number of carbonyl (C=O) groups excluding carboxylic acids is 2. The lowest BCUT2D eigenvalue weighted by molar-refractivity contribution is -0.118. The van der Waals surface area contributed by atoms with Gasteiger partial charge in [0.15, 0.2) is 0 Å². The van der Waals surface area contributed by atoms with E-state index in [1.54, 1.807) is 26.0 Å². The summed E-state index contributed by atoms with van der Waals surface area (Å²) in [5, 5.41) is 16.7. The first-order valence-electron chi connectivity index (χ1n) is 5.43. The van der Waals surface area contributed by atoms with Crippen molar-refractivity contribution in [2.24, 2.45) is 5.10 Å². The molecule has 3 amide bonds. The number of amides is 3. The van der Waals surface area contributed by atoms with Crippen LogP contribution in [0.1, 0.15) is 16.7 Å². The van der Waals surface area contributed by atoms with E-state index in [4.69, 9.17) is 0 Å². The van der Waals surface area contributed by atoms with E-state index >= 15 is 0 Å². The summed E-state index contributed by atoms with van der Waals surface area (Å²) >= 11 is 0. The summed E-state index contributed by atoms with van der Waals surface area (Å²) < 4.78 is 0. The predicted octanol–water partition coefficient (Wildman–Crippen LogP) is 0.895. The van der Waals surface area contributed by atoms with E-state index in [0.717, 1.165) is 21.7 Å². The van der Waals surface area contributed by atoms with Gasteiger partial charge in [-0.1, -0.05) is 0 Å². The van der Waals surface area contributed by atoms with Crippen LogP contribution < -0.4 is 5.32 Å². The van der Waals surface area contributed by atoms with Crippen molar-refractivity contribution in [1.29, 1.82) is 0 Å². The van der Waals surface area contributed by atoms with Crippen LogP contribution in [-0.4, -0.2) is 34.8 Å². The highest BCUT2D eigenvalue weighted by Gasteiger charge is 2.25. The SMILES string of the molecule is Cc1cc(/C=N/N2CC(=O)NC2=O)cc(C)c1O. The van der Waals surface area contributed by atoms with Crippen LogP contribution in [0.5, 0.6) is 5.75 Å². The van der Waals surface area contributed by atoms with Gasteiger partial charge in [-0.05, 0) is 42.7 Å². The number of carbonyl (C=O) groups is 2. The number of nitrogens with zero attached hydrogens (tertiary/aromatic N) is 2. The predicted molar refractivity (Wildman–Crippen MR) is 65.4 cm³/mol. The van der Waals surface area contributed by atoms with E-state index in [9.17, 15) is 14.7 Å². The zero-order valence-corrected chi connectivity index (χ0v) is 10.1. The standard InChI is InChI=1S/C12H13N3O3/c1-7-3-9(4-8(2)11(7)17)5-13-15-6-10(16)14-12(15)18/h3-5,17H,6H2,1-2H3,(H,14,16,18)/b13-5+. The fraction of sp³-hybridized carbons (Fsp3) is 0.250. The number of hydrazone groups is 1. The molecule has 1 fully saturated rings. The van der Waals surface area contributed by atoms with Crippen LogP contribution in [-0.2, 0) is 4.79 Å². The van der Waals surface area contributed by atoms with Gasteiger partial charge in [-0.25, -0.2) is 9.80 Å². The Bertz CT molecular complexity index is 528. The van der Waals surface area contributed by atoms with Crippen LogP contribution >= 0.6 is 0 Å². The molecule has 0 unspecified atom stereocenters. The number of aromatic hydroxyl groups is 1. The molecule has 6 heteroatoms. The molecule has 2 N–H and O–H groups in total. The van der Waals surface area contributed by atoms with Crippen molar-refractivity contribution in [3.63, 3.8) is 0 Å². The van der Waals surface area contributed by atoms with Gasteiger partial charge in [0.05, 0.1) is 6.21 Å². The zero-order valence-electron chi connectivity index (χ0n) is 10.1. The Kier molecular flexibility index (Phi) is 3.01. The van der Waals surface area contributed by atoms with Gasteiger partial charge in [0.1, 0.15) is 12.3 Å². The normalized spacial score (nSPS) is 15.6. The molecule has 1 aliphatic rings. The first-order chi connectivity index (χ1) is 8.47. The maximum atomic E-state index is 11.2. The number of imide groups is 1. The Labute approximate surface area is 104 Å². The number of hydrogen-bond donors (Lipinski definition) is 2. The summed E-state index contributed by atoms with van der Waals surface area (Å²) in [4.78, 5) is 22.2. The minimum absolute atomic E-state index is 0.0641. The Morgan fingerprint density at radius 2 is 1.94 bits per heavy atom. The molecule has 0 aliphatic carbocycles. The summed E-state index contributed by atoms with van der Waals surface area (Å²) in [6, 6.07) is 2.98. The average molecular weight is 247 g/mol. The smallest absolute Gasteiger partial charge is 0.344 e. The second-order valence-corrected chi connectivity index (χ2v) is 4.16. The molecule has 94 valence electrons. The third-order valence-electron chi connectivity index (χ3n) is 2.63. The molecular formula is C12H13N3O3. The number of phenols is 1. The number of hydrogen-bond acceptors (Lipinski definition) is 4. The lowest BCUT2D eigenvalue weighted by Crippen LogP contribution is -2.24. The fourth-order valence-electron chi connectivity index (χ4n) is 1.72. The number of urea groups is 1. The lowest BCUT2D eigenvalue weighted by atomic mass is 10.1. The average Bonchev–Trinajstić information content (AvgIpc) is 2.62. The lowest BCUT2D eigenvalue weighted by Gasteiger charge is -2.06. The summed E-state index contributed by atoms with van der Waals surface area (Å²) in [5.74, 6) is -0.114. The molecule has 1 heterocycles. The Balaban J connectivity index is 2.19. The molecule has 0 spiro atoms. The summed E-state index contributed by atoms with van der Waals surface area (Å²) in [5.41, 5.74) is 2.23. The van der Waals surface area contributed by atoms with E-state index in [1.807, 2.05) is 0 Å². The number of nitrogens with one attached hydrogen (secondary N) is 1. The summed E-state index contributed by atoms with van der Waals surface area (Å²) in [6.45, 7) is 3.50. The van der Waals surface area contributed by atoms with E-state index in [0.29, 0.717) is 0 Å². The molecule has 0 aromatic heterocycles. The molecule has 0 atom stereocenters. The monoisotopic (exact) mass is 247 g/mol. The Hall–Kier alpha value is -2.37. The fourth-order valence-corrected chi connectivity index (χ4v) is 1.72. The van der Waals surface area contributed by atoms with Crippen molar-refractivity contribution in [3.05, 3.63) is 28.8 Å². The highest BCUT2D eigenvalue weighted by Crippen LogP contribution is 2.22. The van der Waals surface area contributed by atoms with Crippen molar-refractivity contribution >= 4 is 18.2 Å². The summed E-state index contributed by atoms with van der Waals surface area (Å²) in [7, 11) is 0. The van der Waals surface area contributed by atoms with Crippen LogP contribution in [0.25, 0.3) is 0 Å². The Morgan fingerprint density at radius 3 is 2.44 bits per heavy atom. The first-order valence-corrected chi connectivity index (χ1v) is 5.43. The number of phenolic OH excluding ortho intramolecular Hbond substituents is 1. The van der Waals surface area contributed by atoms with Gasteiger partial charge >= 0.3 is 6.03 Å². The largest absolute Gasteiger partial charge is 0.507 e. The third kappa shape index (κ3) is 2.32. The van der Waals surface area contributed by atoms with Gasteiger partial charge < -0.3 is 5.11 Å². The molecule has 6 nitrogen and oxygen atoms in total. The van der Waals surface area contributed by atoms with Crippen LogP contribution in [0.15, 0.2) is 17.2 Å². The molecule has 1 aliphatic heterocycles. The molecule has 1 saturated heterocycles. The van der Waals surface area contributed by atoms with Gasteiger partial charge in [-0.2, -0.15) is 5.10 Å². The molecule has 0 bridgehead atoms. The van der Waals surface area contributed by atoms with E-state index in [-0.39, 0.29) is 18.2 Å². The maximum Gasteiger partial charge on any atom is 0.344 e. The minimum atomic E-state index is -0.525. The van der Waals surface area contributed by atoms with Crippen molar-refractivity contribution in [3.8, 4) is 5.75 Å². The van der Waals surface area contributed by atoms with Crippen LogP contribution in [0.2, 0.25) is 0 Å². The Morgan fingerprint density at radius 1 is 1.33 bits per heavy atom. The van der Waals surface area contributed by atoms with Gasteiger partial charge in [0.25, 0.3) is 0 Å². The third-order valence-corrected chi connectivity index (χ3v) is 2.63. The number of benzene rings is 1. The molecule has 0 radical (unpaired) electrons. The minimum Gasteiger partial charge on any atom is -0.507 e. The van der Waals surface area contributed by atoms with Gasteiger partial charge in [-0.15, -0.1) is 0 Å². The topological polar surface area (TPSA) is 82.0 Å². The van der Waals surface area contributed by atoms with E-state index < -0.39 is 6.03 Å². The maximum absolute atomic E-state index is 11.2. The summed E-state index contributed by atoms with van der Waals surface area (Å²) in [6.07, 6.45) is 1.48. The quantitative estimate of drug-likeness (QED) is 0.601. The van der Waals surface area contributed by atoms with Crippen molar-refractivity contribution in [2.75, 3.05) is 6.54 Å². The number of rotatable bonds is 2. The van der Waals surface area contributed by atoms with Gasteiger partial charge in [0.2, 0.25) is 5.91 Å². The number of aryl methyl sites for hydroxylation is 2. The van der Waals surface area contributed by atoms with Crippen LogP contribution in [0.3, 0.4) is 0 Å². The van der Waals surface area contributed by atoms with E-state index in [1.165, 1.54) is 6.21 Å². The second-order valence-electron chi connectivity index (χ2n) is 4.16. The van der Waals surface area contributed by atoms with Crippen LogP contribution in [0.4, 0.5) is 4.79 Å². The highest BCUT2D eigenvalue weighted by molar-refractivity contribution is 6.02. The van der Waals surface area contributed by atoms with Crippen molar-refractivity contribution in [2.45, 2.75) is 13.8 Å². The molecule has 2 rings (SSSR count). The molecule has 1 aromatic carbocycles. The molecular weight excluding hydrogens is 234 g/mol. The first kappa shape index (κ1) is 12.1. The van der Waals surface area contributed by atoms with Crippen LogP contribution in [0, 0.1) is 13.8 Å². The van der Waals surface area contributed by atoms with Crippen molar-refractivity contribution < 1.29 is 14.7 Å². The van der Waals surface area contributed by atoms with E-state index in [2.05, 4.69) is 10.4 Å². The molecule has 18 heavy (non-hydrogen) atoms.